The maximum atomic E-state index is 13.6. The number of hydrogen-bond acceptors (Lipinski definition) is 5. The third-order valence-corrected chi connectivity index (χ3v) is 3.43. The molecule has 8 heteroatoms. The molecule has 0 fully saturated rings. The number of anilines is 1. The van der Waals surface area contributed by atoms with Crippen LogP contribution < -0.4 is 10.6 Å². The second kappa shape index (κ2) is 7.51. The number of nitro groups is 1. The predicted octanol–water partition coefficient (Wildman–Crippen LogP) is 2.24. The lowest BCUT2D eigenvalue weighted by Gasteiger charge is -2.14. The highest BCUT2D eigenvalue weighted by Crippen LogP contribution is 2.27. The molecule has 1 amide bonds. The topological polar surface area (TPSA) is 104 Å². The van der Waals surface area contributed by atoms with Crippen LogP contribution in [-0.2, 0) is 0 Å². The third kappa shape index (κ3) is 3.85. The number of halogens is 1. The van der Waals surface area contributed by atoms with Gasteiger partial charge < -0.3 is 15.7 Å². The van der Waals surface area contributed by atoms with E-state index in [1.807, 2.05) is 0 Å². The Labute approximate surface area is 137 Å². The Hall–Kier alpha value is -3.00. The van der Waals surface area contributed by atoms with Crippen molar-refractivity contribution in [2.75, 3.05) is 18.9 Å². The molecule has 0 aromatic heterocycles. The van der Waals surface area contributed by atoms with Crippen LogP contribution in [0.2, 0.25) is 0 Å². The minimum absolute atomic E-state index is 0.0923. The van der Waals surface area contributed by atoms with Gasteiger partial charge in [-0.1, -0.05) is 18.2 Å². The minimum atomic E-state index is -1.18. The summed E-state index contributed by atoms with van der Waals surface area (Å²) in [5.41, 5.74) is 0.0545. The molecule has 7 nitrogen and oxygen atoms in total. The van der Waals surface area contributed by atoms with Crippen molar-refractivity contribution in [1.29, 1.82) is 0 Å². The summed E-state index contributed by atoms with van der Waals surface area (Å²) in [6.07, 6.45) is -1.18. The molecule has 0 radical (unpaired) electrons. The lowest BCUT2D eigenvalue weighted by molar-refractivity contribution is -0.384. The first-order valence-electron chi connectivity index (χ1n) is 7.11. The first kappa shape index (κ1) is 17.4. The average molecular weight is 333 g/mol. The van der Waals surface area contributed by atoms with Gasteiger partial charge in [-0.2, -0.15) is 0 Å². The van der Waals surface area contributed by atoms with Crippen molar-refractivity contribution < 1.29 is 19.2 Å². The largest absolute Gasteiger partial charge is 0.386 e. The summed E-state index contributed by atoms with van der Waals surface area (Å²) < 4.78 is 13.6. The minimum Gasteiger partial charge on any atom is -0.386 e. The number of rotatable bonds is 6. The molecule has 2 aromatic rings. The van der Waals surface area contributed by atoms with Gasteiger partial charge in [0.05, 0.1) is 11.0 Å². The Bertz CT molecular complexity index is 767. The summed E-state index contributed by atoms with van der Waals surface area (Å²) in [6.45, 7) is -0.124. The number of nitrogens with zero attached hydrogens (tertiary/aromatic N) is 1. The van der Waals surface area contributed by atoms with E-state index in [1.54, 1.807) is 6.07 Å². The number of benzene rings is 2. The van der Waals surface area contributed by atoms with Crippen LogP contribution in [0.5, 0.6) is 0 Å². The van der Waals surface area contributed by atoms with E-state index in [2.05, 4.69) is 10.6 Å². The second-order valence-electron chi connectivity index (χ2n) is 4.99. The van der Waals surface area contributed by atoms with Crippen LogP contribution in [0, 0.1) is 15.9 Å². The van der Waals surface area contributed by atoms with Gasteiger partial charge in [0.25, 0.3) is 11.6 Å². The maximum absolute atomic E-state index is 13.6. The molecule has 2 rings (SSSR count). The predicted molar refractivity (Wildman–Crippen MR) is 86.3 cm³/mol. The summed E-state index contributed by atoms with van der Waals surface area (Å²) in [5, 5.41) is 26.3. The number of hydrogen-bond donors (Lipinski definition) is 3. The Morgan fingerprint density at radius 3 is 2.67 bits per heavy atom. The zero-order chi connectivity index (χ0) is 17.7. The molecule has 0 heterocycles. The number of carbonyl (C=O) groups excluding carboxylic acids is 1. The van der Waals surface area contributed by atoms with Gasteiger partial charge in [0, 0.05) is 30.8 Å². The van der Waals surface area contributed by atoms with Crippen LogP contribution in [0.1, 0.15) is 22.0 Å². The highest BCUT2D eigenvalue weighted by Gasteiger charge is 2.19. The fraction of sp³-hybridized carbons (Fsp3) is 0.188. The molecule has 0 unspecified atom stereocenters. The number of carbonyl (C=O) groups is 1. The molecule has 0 aliphatic rings. The summed E-state index contributed by atoms with van der Waals surface area (Å²) >= 11 is 0. The van der Waals surface area contributed by atoms with Crippen molar-refractivity contribution in [3.63, 3.8) is 0 Å². The smallest absolute Gasteiger partial charge is 0.293 e. The fourth-order valence-corrected chi connectivity index (χ4v) is 2.18. The summed E-state index contributed by atoms with van der Waals surface area (Å²) in [7, 11) is 1.42. The van der Waals surface area contributed by atoms with Gasteiger partial charge in [-0.25, -0.2) is 4.39 Å². The lowest BCUT2D eigenvalue weighted by Crippen LogP contribution is -2.18. The Morgan fingerprint density at radius 1 is 1.33 bits per heavy atom. The van der Waals surface area contributed by atoms with Gasteiger partial charge in [0.2, 0.25) is 0 Å². The van der Waals surface area contributed by atoms with E-state index in [0.29, 0.717) is 0 Å². The highest BCUT2D eigenvalue weighted by atomic mass is 19.1. The van der Waals surface area contributed by atoms with E-state index in [4.69, 9.17) is 0 Å². The van der Waals surface area contributed by atoms with Crippen LogP contribution >= 0.6 is 0 Å². The molecular weight excluding hydrogens is 317 g/mol. The van der Waals surface area contributed by atoms with Crippen LogP contribution in [0.3, 0.4) is 0 Å². The Kier molecular flexibility index (Phi) is 5.43. The third-order valence-electron chi connectivity index (χ3n) is 3.43. The summed E-state index contributed by atoms with van der Waals surface area (Å²) in [6, 6.07) is 9.67. The molecule has 0 spiro atoms. The summed E-state index contributed by atoms with van der Waals surface area (Å²) in [4.78, 5) is 22.1. The van der Waals surface area contributed by atoms with Crippen LogP contribution in [0.15, 0.2) is 42.5 Å². The molecule has 2 aromatic carbocycles. The quantitative estimate of drug-likeness (QED) is 0.555. The standard InChI is InChI=1S/C16H16FN3O4/c1-18-16(22)10-6-7-13(14(8-10)20(23)24)19-9-15(21)11-4-2-3-5-12(11)17/h2-8,15,19,21H,9H2,1H3,(H,18,22)/t15-/m0/s1. The molecule has 126 valence electrons. The monoisotopic (exact) mass is 333 g/mol. The Balaban J connectivity index is 2.19. The van der Waals surface area contributed by atoms with E-state index in [9.17, 15) is 24.4 Å². The molecule has 0 saturated heterocycles. The highest BCUT2D eigenvalue weighted by molar-refractivity contribution is 5.95. The number of nitrogens with one attached hydrogen (secondary N) is 2. The van der Waals surface area contributed by atoms with Crippen molar-refractivity contribution >= 4 is 17.3 Å². The molecular formula is C16H16FN3O4. The van der Waals surface area contributed by atoms with Gasteiger partial charge in [-0.05, 0) is 18.2 Å². The van der Waals surface area contributed by atoms with Crippen molar-refractivity contribution in [3.05, 3.63) is 69.5 Å². The van der Waals surface area contributed by atoms with Crippen molar-refractivity contribution in [1.82, 2.24) is 5.32 Å². The normalized spacial score (nSPS) is 11.6. The number of amides is 1. The van der Waals surface area contributed by atoms with E-state index < -0.39 is 22.8 Å². The van der Waals surface area contributed by atoms with Gasteiger partial charge in [-0.3, -0.25) is 14.9 Å². The Morgan fingerprint density at radius 2 is 2.04 bits per heavy atom. The molecule has 24 heavy (non-hydrogen) atoms. The summed E-state index contributed by atoms with van der Waals surface area (Å²) in [5.74, 6) is -1.01. The first-order valence-corrected chi connectivity index (χ1v) is 7.11. The molecule has 3 N–H and O–H groups in total. The van der Waals surface area contributed by atoms with Gasteiger partial charge in [-0.15, -0.1) is 0 Å². The van der Waals surface area contributed by atoms with Crippen LogP contribution in [0.4, 0.5) is 15.8 Å². The van der Waals surface area contributed by atoms with Crippen LogP contribution in [-0.4, -0.2) is 29.5 Å². The van der Waals surface area contributed by atoms with Gasteiger partial charge in [0.15, 0.2) is 0 Å². The molecule has 0 saturated carbocycles. The first-order chi connectivity index (χ1) is 11.4. The van der Waals surface area contributed by atoms with Gasteiger partial charge in [0.1, 0.15) is 11.5 Å². The average Bonchev–Trinajstić information content (AvgIpc) is 2.59. The van der Waals surface area contributed by atoms with E-state index >= 15 is 0 Å². The van der Waals surface area contributed by atoms with E-state index in [0.717, 1.165) is 6.07 Å². The lowest BCUT2D eigenvalue weighted by atomic mass is 10.1. The molecule has 0 aliphatic heterocycles. The van der Waals surface area contributed by atoms with E-state index in [1.165, 1.54) is 37.4 Å². The van der Waals surface area contributed by atoms with Crippen molar-refractivity contribution in [3.8, 4) is 0 Å². The zero-order valence-electron chi connectivity index (χ0n) is 12.8. The van der Waals surface area contributed by atoms with Crippen molar-refractivity contribution in [2.45, 2.75) is 6.10 Å². The number of aliphatic hydroxyl groups excluding tert-OH is 1. The second-order valence-corrected chi connectivity index (χ2v) is 4.99. The van der Waals surface area contributed by atoms with Crippen molar-refractivity contribution in [2.24, 2.45) is 0 Å². The molecule has 1 atom stereocenters. The van der Waals surface area contributed by atoms with E-state index in [-0.39, 0.29) is 29.0 Å². The molecule has 0 bridgehead atoms. The maximum Gasteiger partial charge on any atom is 0.293 e. The van der Waals surface area contributed by atoms with Gasteiger partial charge >= 0.3 is 0 Å². The molecule has 0 aliphatic carbocycles. The fourth-order valence-electron chi connectivity index (χ4n) is 2.18. The number of aliphatic hydroxyl groups is 1. The zero-order valence-corrected chi connectivity index (χ0v) is 12.8. The SMILES string of the molecule is CNC(=O)c1ccc(NC[C@H](O)c2ccccc2F)c([N+](=O)[O-])c1. The number of nitro benzene ring substituents is 1. The van der Waals surface area contributed by atoms with Crippen LogP contribution in [0.25, 0.3) is 0 Å².